The van der Waals surface area contributed by atoms with E-state index in [9.17, 15) is 9.59 Å². The van der Waals surface area contributed by atoms with Crippen LogP contribution >= 0.6 is 11.8 Å². The molecule has 3 aromatic rings. The van der Waals surface area contributed by atoms with Gasteiger partial charge in [0.25, 0.3) is 5.22 Å². The highest BCUT2D eigenvalue weighted by Gasteiger charge is 2.27. The molecule has 0 spiro atoms. The topological polar surface area (TPSA) is 98.1 Å². The number of hydrogen-bond acceptors (Lipinski definition) is 7. The lowest BCUT2D eigenvalue weighted by molar-refractivity contribution is 0.0599. The standard InChI is InChI=1S/C20H21N3O4S/c1-10-8-6-7-9-14(10)18-22-23-20(27-18)28-13(4)17(24)16-11(2)15(12(3)21-16)19(25)26-5/h6-9,13,21H,1-5H3/t13-/m0/s1. The first-order chi connectivity index (χ1) is 13.3. The molecule has 2 heterocycles. The number of nitrogens with zero attached hydrogens (tertiary/aromatic N) is 2. The number of benzene rings is 1. The van der Waals surface area contributed by atoms with Crippen LogP contribution in [-0.4, -0.2) is 39.3 Å². The SMILES string of the molecule is COC(=O)c1c(C)[nH]c(C(=O)[C@H](C)Sc2nnc(-c3ccccc3C)o2)c1C. The Kier molecular flexibility index (Phi) is 5.69. The summed E-state index contributed by atoms with van der Waals surface area (Å²) < 4.78 is 10.5. The number of thioether (sulfide) groups is 1. The number of aromatic amines is 1. The van der Waals surface area contributed by atoms with Gasteiger partial charge >= 0.3 is 5.97 Å². The molecule has 0 saturated carbocycles. The summed E-state index contributed by atoms with van der Waals surface area (Å²) in [5, 5.41) is 7.96. The van der Waals surface area contributed by atoms with Crippen molar-refractivity contribution in [3.8, 4) is 11.5 Å². The third kappa shape index (κ3) is 3.73. The Morgan fingerprint density at radius 2 is 1.89 bits per heavy atom. The first kappa shape index (κ1) is 19.9. The lowest BCUT2D eigenvalue weighted by atomic mass is 10.1. The number of ether oxygens (including phenoxy) is 1. The molecule has 28 heavy (non-hydrogen) atoms. The monoisotopic (exact) mass is 399 g/mol. The number of rotatable bonds is 6. The van der Waals surface area contributed by atoms with E-state index in [1.165, 1.54) is 18.9 Å². The van der Waals surface area contributed by atoms with Crippen LogP contribution in [0.3, 0.4) is 0 Å². The number of methoxy groups -OCH3 is 1. The van der Waals surface area contributed by atoms with Gasteiger partial charge in [-0.3, -0.25) is 4.79 Å². The van der Waals surface area contributed by atoms with Gasteiger partial charge in [-0.1, -0.05) is 30.0 Å². The van der Waals surface area contributed by atoms with Gasteiger partial charge in [0.05, 0.1) is 23.6 Å². The lowest BCUT2D eigenvalue weighted by Crippen LogP contribution is -2.15. The maximum atomic E-state index is 12.9. The summed E-state index contributed by atoms with van der Waals surface area (Å²) in [5.74, 6) is -0.207. The van der Waals surface area contributed by atoms with Gasteiger partial charge in [0.2, 0.25) is 5.89 Å². The molecular formula is C20H21N3O4S. The van der Waals surface area contributed by atoms with Crippen LogP contribution in [-0.2, 0) is 4.74 Å². The van der Waals surface area contributed by atoms with Crippen LogP contribution in [0.25, 0.3) is 11.5 Å². The van der Waals surface area contributed by atoms with E-state index >= 15 is 0 Å². The smallest absolute Gasteiger partial charge is 0.339 e. The molecule has 0 unspecified atom stereocenters. The van der Waals surface area contributed by atoms with E-state index in [1.807, 2.05) is 31.2 Å². The minimum absolute atomic E-state index is 0.156. The van der Waals surface area contributed by atoms with Crippen LogP contribution in [0.5, 0.6) is 0 Å². The van der Waals surface area contributed by atoms with Gasteiger partial charge in [-0.25, -0.2) is 4.79 Å². The molecule has 0 bridgehead atoms. The van der Waals surface area contributed by atoms with Gasteiger partial charge in [0.1, 0.15) is 0 Å². The van der Waals surface area contributed by atoms with E-state index in [0.29, 0.717) is 33.6 Å². The Morgan fingerprint density at radius 1 is 1.18 bits per heavy atom. The summed E-state index contributed by atoms with van der Waals surface area (Å²) >= 11 is 1.18. The maximum Gasteiger partial charge on any atom is 0.339 e. The predicted octanol–water partition coefficient (Wildman–Crippen LogP) is 4.14. The number of esters is 1. The lowest BCUT2D eigenvalue weighted by Gasteiger charge is -2.07. The van der Waals surface area contributed by atoms with Gasteiger partial charge < -0.3 is 14.1 Å². The average molecular weight is 399 g/mol. The van der Waals surface area contributed by atoms with Crippen molar-refractivity contribution in [3.63, 3.8) is 0 Å². The largest absolute Gasteiger partial charge is 0.465 e. The summed E-state index contributed by atoms with van der Waals surface area (Å²) in [4.78, 5) is 27.8. The quantitative estimate of drug-likeness (QED) is 0.378. The fourth-order valence-electron chi connectivity index (χ4n) is 2.99. The Morgan fingerprint density at radius 3 is 2.57 bits per heavy atom. The van der Waals surface area contributed by atoms with Crippen molar-refractivity contribution < 1.29 is 18.7 Å². The van der Waals surface area contributed by atoms with Crippen molar-refractivity contribution in [1.29, 1.82) is 0 Å². The molecule has 0 aliphatic heterocycles. The van der Waals surface area contributed by atoms with Crippen LogP contribution in [0.15, 0.2) is 33.9 Å². The van der Waals surface area contributed by atoms with E-state index in [-0.39, 0.29) is 5.78 Å². The van der Waals surface area contributed by atoms with E-state index in [0.717, 1.165) is 11.1 Å². The summed E-state index contributed by atoms with van der Waals surface area (Å²) in [6.07, 6.45) is 0. The van der Waals surface area contributed by atoms with Crippen molar-refractivity contribution in [2.75, 3.05) is 7.11 Å². The van der Waals surface area contributed by atoms with E-state index < -0.39 is 11.2 Å². The number of hydrogen-bond donors (Lipinski definition) is 1. The van der Waals surface area contributed by atoms with Gasteiger partial charge in [-0.15, -0.1) is 10.2 Å². The van der Waals surface area contributed by atoms with Gasteiger partial charge in [-0.05, 0) is 44.9 Å². The molecule has 0 amide bonds. The van der Waals surface area contributed by atoms with Crippen molar-refractivity contribution in [2.24, 2.45) is 0 Å². The second-order valence-corrected chi connectivity index (χ2v) is 7.72. The zero-order chi connectivity index (χ0) is 20.4. The van der Waals surface area contributed by atoms with Crippen LogP contribution in [0.1, 0.15) is 44.6 Å². The number of carbonyl (C=O) groups is 2. The van der Waals surface area contributed by atoms with Gasteiger partial charge in [-0.2, -0.15) is 0 Å². The van der Waals surface area contributed by atoms with Gasteiger partial charge in [0, 0.05) is 11.3 Å². The van der Waals surface area contributed by atoms with Crippen LogP contribution in [0.2, 0.25) is 0 Å². The first-order valence-electron chi connectivity index (χ1n) is 8.71. The Balaban J connectivity index is 1.79. The number of carbonyl (C=O) groups excluding carboxylic acids is 2. The normalized spacial score (nSPS) is 12.0. The fourth-order valence-corrected chi connectivity index (χ4v) is 3.73. The molecule has 0 aliphatic rings. The molecule has 3 rings (SSSR count). The third-order valence-corrected chi connectivity index (χ3v) is 5.44. The molecule has 1 aromatic carbocycles. The van der Waals surface area contributed by atoms with Crippen LogP contribution in [0.4, 0.5) is 0 Å². The minimum Gasteiger partial charge on any atom is -0.465 e. The van der Waals surface area contributed by atoms with E-state index in [2.05, 4.69) is 15.2 Å². The molecule has 1 atom stereocenters. The van der Waals surface area contributed by atoms with Crippen molar-refractivity contribution in [3.05, 3.63) is 52.3 Å². The second kappa shape index (κ2) is 8.02. The number of Topliss-reactive ketones (excluding diaryl/α,β-unsaturated/α-hetero) is 1. The fraction of sp³-hybridized carbons (Fsp3) is 0.300. The Labute approximate surface area is 166 Å². The Bertz CT molecular complexity index is 1040. The van der Waals surface area contributed by atoms with E-state index in [1.54, 1.807) is 20.8 Å². The summed E-state index contributed by atoms with van der Waals surface area (Å²) in [5.41, 5.74) is 3.84. The van der Waals surface area contributed by atoms with Crippen molar-refractivity contribution >= 4 is 23.5 Å². The molecule has 7 nitrogen and oxygen atoms in total. The molecule has 0 saturated heterocycles. The highest BCUT2D eigenvalue weighted by atomic mass is 32.2. The summed E-state index contributed by atoms with van der Waals surface area (Å²) in [7, 11) is 1.32. The highest BCUT2D eigenvalue weighted by Crippen LogP contribution is 2.30. The molecule has 0 aliphatic carbocycles. The summed E-state index contributed by atoms with van der Waals surface area (Å²) in [6.45, 7) is 7.19. The number of nitrogens with one attached hydrogen (secondary N) is 1. The zero-order valence-electron chi connectivity index (χ0n) is 16.3. The number of aryl methyl sites for hydroxylation is 2. The molecule has 1 N–H and O–H groups in total. The molecule has 2 aromatic heterocycles. The van der Waals surface area contributed by atoms with Crippen LogP contribution < -0.4 is 0 Å². The third-order valence-electron chi connectivity index (χ3n) is 4.50. The molecular weight excluding hydrogens is 378 g/mol. The maximum absolute atomic E-state index is 12.9. The number of H-pyrrole nitrogens is 1. The second-order valence-electron chi connectivity index (χ2n) is 6.43. The van der Waals surface area contributed by atoms with Crippen molar-refractivity contribution in [1.82, 2.24) is 15.2 Å². The van der Waals surface area contributed by atoms with Crippen molar-refractivity contribution in [2.45, 2.75) is 38.2 Å². The highest BCUT2D eigenvalue weighted by molar-refractivity contribution is 8.00. The first-order valence-corrected chi connectivity index (χ1v) is 9.59. The summed E-state index contributed by atoms with van der Waals surface area (Å²) in [6, 6.07) is 7.72. The molecule has 146 valence electrons. The zero-order valence-corrected chi connectivity index (χ0v) is 17.1. The number of ketones is 1. The minimum atomic E-state index is -0.479. The predicted molar refractivity (Wildman–Crippen MR) is 106 cm³/mol. The van der Waals surface area contributed by atoms with Crippen LogP contribution in [0, 0.1) is 20.8 Å². The van der Waals surface area contributed by atoms with Gasteiger partial charge in [0.15, 0.2) is 5.78 Å². The average Bonchev–Trinajstić information content (AvgIpc) is 3.25. The Hall–Kier alpha value is -2.87. The number of aromatic nitrogens is 3. The molecule has 0 radical (unpaired) electrons. The van der Waals surface area contributed by atoms with E-state index in [4.69, 9.17) is 9.15 Å². The molecule has 8 heteroatoms. The molecule has 0 fully saturated rings.